The van der Waals surface area contributed by atoms with Crippen LogP contribution in [0.3, 0.4) is 0 Å². The van der Waals surface area contributed by atoms with Gasteiger partial charge >= 0.3 is 0 Å². The number of aryl methyl sites for hydroxylation is 1. The number of phenols is 1. The van der Waals surface area contributed by atoms with Crippen LogP contribution < -0.4 is 4.74 Å². The number of rotatable bonds is 4. The van der Waals surface area contributed by atoms with Crippen LogP contribution in [0.15, 0.2) is 41.4 Å². The number of hydrogen-bond donors (Lipinski definition) is 1. The second kappa shape index (κ2) is 5.99. The third-order valence-electron chi connectivity index (χ3n) is 2.74. The van der Waals surface area contributed by atoms with Crippen molar-refractivity contribution in [3.8, 4) is 11.5 Å². The highest BCUT2D eigenvalue weighted by Gasteiger charge is 2.10. The molecule has 0 amide bonds. The fourth-order valence-corrected chi connectivity index (χ4v) is 1.84. The lowest BCUT2D eigenvalue weighted by Crippen LogP contribution is -1.99. The van der Waals surface area contributed by atoms with E-state index in [9.17, 15) is 14.3 Å². The number of aliphatic imine (C=N–C) groups is 1. The van der Waals surface area contributed by atoms with E-state index in [0.717, 1.165) is 6.07 Å². The van der Waals surface area contributed by atoms with E-state index < -0.39 is 5.82 Å². The van der Waals surface area contributed by atoms with Crippen molar-refractivity contribution >= 4 is 11.8 Å². The SMILES string of the molecule is Cc1cc(O)cc(F)c1OCc1ccccc1N=C=O. The highest BCUT2D eigenvalue weighted by molar-refractivity contribution is 5.53. The molecule has 0 saturated heterocycles. The topological polar surface area (TPSA) is 58.9 Å². The molecule has 20 heavy (non-hydrogen) atoms. The van der Waals surface area contributed by atoms with Crippen molar-refractivity contribution in [3.63, 3.8) is 0 Å². The Hall–Kier alpha value is -2.65. The summed E-state index contributed by atoms with van der Waals surface area (Å²) in [5, 5.41) is 9.26. The van der Waals surface area contributed by atoms with Crippen molar-refractivity contribution in [1.82, 2.24) is 0 Å². The average molecular weight is 273 g/mol. The largest absolute Gasteiger partial charge is 0.508 e. The first kappa shape index (κ1) is 13.8. The van der Waals surface area contributed by atoms with Gasteiger partial charge in [-0.1, -0.05) is 18.2 Å². The number of ether oxygens (including phenoxy) is 1. The molecule has 0 heterocycles. The van der Waals surface area contributed by atoms with Crippen molar-refractivity contribution in [2.45, 2.75) is 13.5 Å². The Labute approximate surface area is 115 Å². The molecule has 2 rings (SSSR count). The van der Waals surface area contributed by atoms with Gasteiger partial charge in [-0.15, -0.1) is 0 Å². The molecule has 0 saturated carbocycles. The lowest BCUT2D eigenvalue weighted by Gasteiger charge is -2.11. The number of halogens is 1. The fraction of sp³-hybridized carbons (Fsp3) is 0.133. The zero-order valence-corrected chi connectivity index (χ0v) is 10.8. The van der Waals surface area contributed by atoms with Gasteiger partial charge in [0.2, 0.25) is 6.08 Å². The number of isocyanates is 1. The average Bonchev–Trinajstić information content (AvgIpc) is 2.39. The lowest BCUT2D eigenvalue weighted by molar-refractivity contribution is 0.287. The van der Waals surface area contributed by atoms with E-state index in [0.29, 0.717) is 16.8 Å². The number of nitrogens with zero attached hydrogens (tertiary/aromatic N) is 1. The maximum absolute atomic E-state index is 13.7. The molecule has 4 nitrogen and oxygen atoms in total. The van der Waals surface area contributed by atoms with Gasteiger partial charge in [-0.3, -0.25) is 0 Å². The molecule has 0 aliphatic rings. The van der Waals surface area contributed by atoms with Gasteiger partial charge in [0.05, 0.1) is 5.69 Å². The molecule has 0 unspecified atom stereocenters. The van der Waals surface area contributed by atoms with Crippen molar-refractivity contribution < 1.29 is 19.0 Å². The molecule has 0 aliphatic heterocycles. The van der Waals surface area contributed by atoms with E-state index in [1.54, 1.807) is 31.2 Å². The van der Waals surface area contributed by atoms with Crippen LogP contribution in [0.1, 0.15) is 11.1 Å². The van der Waals surface area contributed by atoms with Crippen LogP contribution in [0.2, 0.25) is 0 Å². The smallest absolute Gasteiger partial charge is 0.240 e. The third-order valence-corrected chi connectivity index (χ3v) is 2.74. The molecule has 1 N–H and O–H groups in total. The summed E-state index contributed by atoms with van der Waals surface area (Å²) in [6.07, 6.45) is 1.47. The third kappa shape index (κ3) is 3.02. The van der Waals surface area contributed by atoms with Gasteiger partial charge in [-0.25, -0.2) is 9.18 Å². The number of hydrogen-bond acceptors (Lipinski definition) is 4. The predicted molar refractivity (Wildman–Crippen MR) is 71.4 cm³/mol. The monoisotopic (exact) mass is 273 g/mol. The van der Waals surface area contributed by atoms with Crippen LogP contribution in [-0.2, 0) is 11.4 Å². The molecule has 0 aliphatic carbocycles. The van der Waals surface area contributed by atoms with Crippen LogP contribution in [0.5, 0.6) is 11.5 Å². The normalized spacial score (nSPS) is 9.90. The van der Waals surface area contributed by atoms with Gasteiger partial charge in [0.25, 0.3) is 0 Å². The van der Waals surface area contributed by atoms with Crippen LogP contribution in [0.25, 0.3) is 0 Å². The Morgan fingerprint density at radius 2 is 2.10 bits per heavy atom. The van der Waals surface area contributed by atoms with E-state index in [1.165, 1.54) is 12.1 Å². The maximum Gasteiger partial charge on any atom is 0.240 e. The van der Waals surface area contributed by atoms with E-state index >= 15 is 0 Å². The standard InChI is InChI=1S/C15H12FNO3/c1-10-6-12(19)7-13(16)15(10)20-8-11-4-2-3-5-14(11)17-9-18/h2-7,19H,8H2,1H3. The molecule has 0 bridgehead atoms. The van der Waals surface area contributed by atoms with Crippen LogP contribution >= 0.6 is 0 Å². The van der Waals surface area contributed by atoms with E-state index in [-0.39, 0.29) is 18.1 Å². The van der Waals surface area contributed by atoms with Crippen LogP contribution in [0, 0.1) is 12.7 Å². The fourth-order valence-electron chi connectivity index (χ4n) is 1.84. The molecule has 102 valence electrons. The van der Waals surface area contributed by atoms with Gasteiger partial charge < -0.3 is 9.84 Å². The Morgan fingerprint density at radius 1 is 1.35 bits per heavy atom. The van der Waals surface area contributed by atoms with Gasteiger partial charge in [0.15, 0.2) is 11.6 Å². The molecule has 0 atom stereocenters. The van der Waals surface area contributed by atoms with Gasteiger partial charge in [-0.2, -0.15) is 4.99 Å². The van der Waals surface area contributed by atoms with Crippen molar-refractivity contribution in [2.24, 2.45) is 4.99 Å². The summed E-state index contributed by atoms with van der Waals surface area (Å²) in [5.41, 5.74) is 1.56. The van der Waals surface area contributed by atoms with Crippen LogP contribution in [-0.4, -0.2) is 11.2 Å². The first-order valence-corrected chi connectivity index (χ1v) is 5.89. The van der Waals surface area contributed by atoms with Crippen molar-refractivity contribution in [1.29, 1.82) is 0 Å². The molecule has 2 aromatic carbocycles. The predicted octanol–water partition coefficient (Wildman–Crippen LogP) is 3.39. The zero-order valence-electron chi connectivity index (χ0n) is 10.8. The molecular weight excluding hydrogens is 261 g/mol. The summed E-state index contributed by atoms with van der Waals surface area (Å²) >= 11 is 0. The lowest BCUT2D eigenvalue weighted by atomic mass is 10.2. The number of benzene rings is 2. The van der Waals surface area contributed by atoms with Crippen molar-refractivity contribution in [3.05, 3.63) is 53.3 Å². The Morgan fingerprint density at radius 3 is 2.80 bits per heavy atom. The Kier molecular flexibility index (Phi) is 4.13. The molecule has 0 fully saturated rings. The summed E-state index contributed by atoms with van der Waals surface area (Å²) in [4.78, 5) is 13.9. The summed E-state index contributed by atoms with van der Waals surface area (Å²) in [5.74, 6) is -0.732. The second-order valence-electron chi connectivity index (χ2n) is 4.19. The number of carbonyl (C=O) groups excluding carboxylic acids is 1. The van der Waals surface area contributed by atoms with Gasteiger partial charge in [0, 0.05) is 11.6 Å². The van der Waals surface area contributed by atoms with E-state index in [2.05, 4.69) is 4.99 Å². The highest BCUT2D eigenvalue weighted by Crippen LogP contribution is 2.28. The molecule has 0 spiro atoms. The Balaban J connectivity index is 2.24. The molecule has 2 aromatic rings. The minimum atomic E-state index is -0.640. The number of phenolic OH excluding ortho intramolecular Hbond substituents is 1. The number of para-hydroxylation sites is 1. The minimum Gasteiger partial charge on any atom is -0.508 e. The van der Waals surface area contributed by atoms with Crippen LogP contribution in [0.4, 0.5) is 10.1 Å². The quantitative estimate of drug-likeness (QED) is 0.686. The first-order valence-electron chi connectivity index (χ1n) is 5.89. The van der Waals surface area contributed by atoms with E-state index in [4.69, 9.17) is 4.74 Å². The zero-order chi connectivity index (χ0) is 14.5. The number of aromatic hydroxyl groups is 1. The first-order chi connectivity index (χ1) is 9.61. The van der Waals surface area contributed by atoms with Crippen molar-refractivity contribution in [2.75, 3.05) is 0 Å². The second-order valence-corrected chi connectivity index (χ2v) is 4.19. The highest BCUT2D eigenvalue weighted by atomic mass is 19.1. The van der Waals surface area contributed by atoms with Gasteiger partial charge in [0.1, 0.15) is 12.4 Å². The summed E-state index contributed by atoms with van der Waals surface area (Å²) in [6.45, 7) is 1.69. The molecule has 0 aromatic heterocycles. The maximum atomic E-state index is 13.7. The summed E-state index contributed by atoms with van der Waals surface area (Å²) in [6, 6.07) is 9.26. The minimum absolute atomic E-state index is 0.0594. The molecule has 5 heteroatoms. The Bertz CT molecular complexity index is 656. The van der Waals surface area contributed by atoms with Gasteiger partial charge in [-0.05, 0) is 24.6 Å². The molecule has 0 radical (unpaired) electrons. The summed E-state index contributed by atoms with van der Waals surface area (Å²) in [7, 11) is 0. The molecular formula is C15H12FNO3. The van der Waals surface area contributed by atoms with E-state index in [1.807, 2.05) is 0 Å². The summed E-state index contributed by atoms with van der Waals surface area (Å²) < 4.78 is 19.1.